The Morgan fingerprint density at radius 3 is 1.92 bits per heavy atom. The second-order valence-corrected chi connectivity index (χ2v) is 12.9. The average Bonchev–Trinajstić information content (AvgIpc) is 3.55. The van der Waals surface area contributed by atoms with Crippen molar-refractivity contribution in [1.29, 1.82) is 0 Å². The average molecular weight is 651 g/mol. The first-order chi connectivity index (χ1) is 24.2. The molecular weight excluding hydrogens is 619 g/mol. The second-order valence-electron chi connectivity index (χ2n) is 11.9. The van der Waals surface area contributed by atoms with Gasteiger partial charge in [0.1, 0.15) is 5.84 Å². The summed E-state index contributed by atoms with van der Waals surface area (Å²) in [4.78, 5) is 15.0. The van der Waals surface area contributed by atoms with Crippen molar-refractivity contribution in [2.45, 2.75) is 12.7 Å². The summed E-state index contributed by atoms with van der Waals surface area (Å²) in [5.74, 6) is 1.30. The van der Waals surface area contributed by atoms with Gasteiger partial charge in [-0.15, -0.1) is 11.3 Å². The van der Waals surface area contributed by atoms with Crippen molar-refractivity contribution in [2.75, 3.05) is 0 Å². The summed E-state index contributed by atoms with van der Waals surface area (Å²) in [6.07, 6.45) is -0.779. The van der Waals surface area contributed by atoms with E-state index in [2.05, 4.69) is 84.2 Å². The summed E-state index contributed by atoms with van der Waals surface area (Å²) in [7, 11) is 0. The monoisotopic (exact) mass is 650 g/mol. The number of rotatable bonds is 8. The van der Waals surface area contributed by atoms with Crippen molar-refractivity contribution in [2.24, 2.45) is 4.99 Å². The third-order valence-electron chi connectivity index (χ3n) is 8.54. The highest BCUT2D eigenvalue weighted by Gasteiger charge is 2.14. The van der Waals surface area contributed by atoms with Gasteiger partial charge in [0.2, 0.25) is 0 Å². The molecule has 8 aromatic rings. The third-order valence-corrected chi connectivity index (χ3v) is 9.67. The predicted molar refractivity (Wildman–Crippen MR) is 205 cm³/mol. The molecule has 0 aliphatic rings. The summed E-state index contributed by atoms with van der Waals surface area (Å²) in [5, 5.41) is 5.94. The Balaban J connectivity index is 1.15. The van der Waals surface area contributed by atoms with Crippen molar-refractivity contribution in [1.82, 2.24) is 15.3 Å². The molecule has 0 aliphatic carbocycles. The maximum Gasteiger partial charge on any atom is 0.160 e. The van der Waals surface area contributed by atoms with Crippen LogP contribution in [0.4, 0.5) is 0 Å². The Bertz CT molecular complexity index is 2350. The number of amidine groups is 1. The molecule has 0 bridgehead atoms. The number of nitrogens with zero attached hydrogens (tertiary/aromatic N) is 3. The minimum atomic E-state index is -0.779. The molecular formula is C43H32N5S-. The van der Waals surface area contributed by atoms with Crippen molar-refractivity contribution in [3.05, 3.63) is 186 Å². The maximum atomic E-state index is 9.31. The van der Waals surface area contributed by atoms with Crippen LogP contribution in [0.1, 0.15) is 22.9 Å². The van der Waals surface area contributed by atoms with Crippen LogP contribution in [0, 0.1) is 0 Å². The van der Waals surface area contributed by atoms with Crippen LogP contribution in [0.2, 0.25) is 0 Å². The summed E-state index contributed by atoms with van der Waals surface area (Å²) in [6, 6.07) is 55.5. The van der Waals surface area contributed by atoms with Crippen LogP contribution >= 0.6 is 11.3 Å². The van der Waals surface area contributed by atoms with Gasteiger partial charge in [-0.1, -0.05) is 140 Å². The first-order valence-corrected chi connectivity index (χ1v) is 17.1. The van der Waals surface area contributed by atoms with Crippen LogP contribution in [0.5, 0.6) is 0 Å². The fraction of sp³-hybridized carbons (Fsp3) is 0.0465. The molecule has 1 unspecified atom stereocenters. The van der Waals surface area contributed by atoms with E-state index in [9.17, 15) is 5.73 Å². The molecule has 2 aromatic heterocycles. The molecule has 0 radical (unpaired) electrons. The highest BCUT2D eigenvalue weighted by molar-refractivity contribution is 7.25. The molecule has 6 aromatic carbocycles. The van der Waals surface area contributed by atoms with Gasteiger partial charge in [-0.2, -0.15) is 0 Å². The number of aromatic nitrogens is 2. The topological polar surface area (TPSA) is 74.0 Å². The molecule has 49 heavy (non-hydrogen) atoms. The van der Waals surface area contributed by atoms with Gasteiger partial charge in [-0.05, 0) is 41.6 Å². The SMILES string of the molecule is [NH-]C(NC(=NCc1ccccc1)c1ccc2c(c1)sc1ccccc12)c1cccc(-c2nc(-c3ccccc3)cc(-c3ccccc3)n2)c1. The Labute approximate surface area is 289 Å². The van der Waals surface area contributed by atoms with Crippen LogP contribution in [-0.2, 0) is 6.54 Å². The molecule has 0 spiro atoms. The van der Waals surface area contributed by atoms with E-state index in [1.54, 1.807) is 11.3 Å². The Morgan fingerprint density at radius 2 is 1.20 bits per heavy atom. The van der Waals surface area contributed by atoms with Gasteiger partial charge < -0.3 is 11.1 Å². The van der Waals surface area contributed by atoms with Gasteiger partial charge in [0, 0.05) is 42.4 Å². The lowest BCUT2D eigenvalue weighted by Crippen LogP contribution is -2.27. The molecule has 1 atom stereocenters. The normalized spacial score (nSPS) is 12.3. The number of hydrogen-bond donors (Lipinski definition) is 1. The van der Waals surface area contributed by atoms with Crippen LogP contribution in [0.3, 0.4) is 0 Å². The Kier molecular flexibility index (Phi) is 8.46. The zero-order valence-electron chi connectivity index (χ0n) is 26.6. The molecule has 0 saturated heterocycles. The molecule has 6 heteroatoms. The van der Waals surface area contributed by atoms with Crippen molar-refractivity contribution in [3.63, 3.8) is 0 Å². The van der Waals surface area contributed by atoms with Crippen molar-refractivity contribution < 1.29 is 0 Å². The standard InChI is InChI=1S/C43H32N5S/c44-41(48-42(45-28-29-13-4-1-5-14-29)34-23-24-36-35-21-10-11-22-39(35)49-40(36)26-34)32-19-12-20-33(25-32)43-46-37(30-15-6-2-7-16-30)27-38(47-43)31-17-8-3-9-18-31/h1-27,41,44H,28H2,(H,45,48)/q-1. The quantitative estimate of drug-likeness (QED) is 0.131. The molecule has 8 rings (SSSR count). The lowest BCUT2D eigenvalue weighted by molar-refractivity contribution is 0.788. The summed E-state index contributed by atoms with van der Waals surface area (Å²) in [5.41, 5.74) is 16.8. The van der Waals surface area contributed by atoms with Gasteiger partial charge in [-0.3, -0.25) is 4.99 Å². The zero-order valence-corrected chi connectivity index (χ0v) is 27.4. The molecule has 5 nitrogen and oxygen atoms in total. The van der Waals surface area contributed by atoms with Gasteiger partial charge in [0.05, 0.1) is 17.9 Å². The first-order valence-electron chi connectivity index (χ1n) is 16.3. The fourth-order valence-electron chi connectivity index (χ4n) is 6.01. The molecule has 236 valence electrons. The fourth-order valence-corrected chi connectivity index (χ4v) is 7.16. The molecule has 0 aliphatic heterocycles. The van der Waals surface area contributed by atoms with Crippen LogP contribution < -0.4 is 5.32 Å². The molecule has 0 fully saturated rings. The van der Waals surface area contributed by atoms with E-state index in [4.69, 9.17) is 15.0 Å². The first kappa shape index (κ1) is 30.4. The van der Waals surface area contributed by atoms with Crippen LogP contribution in [0.15, 0.2) is 169 Å². The highest BCUT2D eigenvalue weighted by Crippen LogP contribution is 2.34. The number of hydrogen-bond acceptors (Lipinski definition) is 4. The minimum Gasteiger partial charge on any atom is -0.654 e. The maximum absolute atomic E-state index is 9.31. The lowest BCUT2D eigenvalue weighted by atomic mass is 10.0. The van der Waals surface area contributed by atoms with Crippen molar-refractivity contribution in [3.8, 4) is 33.9 Å². The summed E-state index contributed by atoms with van der Waals surface area (Å²) < 4.78 is 2.45. The van der Waals surface area contributed by atoms with E-state index in [0.717, 1.165) is 44.8 Å². The van der Waals surface area contributed by atoms with Gasteiger partial charge in [-0.25, -0.2) is 9.97 Å². The number of fused-ring (bicyclic) bond motifs is 3. The lowest BCUT2D eigenvalue weighted by Gasteiger charge is -2.25. The number of thiophene rings is 1. The summed E-state index contributed by atoms with van der Waals surface area (Å²) in [6.45, 7) is 0.503. The number of benzene rings is 6. The van der Waals surface area contributed by atoms with E-state index in [1.807, 2.05) is 84.9 Å². The van der Waals surface area contributed by atoms with E-state index < -0.39 is 6.17 Å². The second kappa shape index (κ2) is 13.6. The molecule has 2 N–H and O–H groups in total. The molecule has 0 amide bonds. The van der Waals surface area contributed by atoms with Crippen molar-refractivity contribution >= 4 is 37.3 Å². The minimum absolute atomic E-state index is 0.503. The van der Waals surface area contributed by atoms with E-state index in [-0.39, 0.29) is 0 Å². The Hall–Kier alpha value is -5.95. The Morgan fingerprint density at radius 1 is 0.592 bits per heavy atom. The highest BCUT2D eigenvalue weighted by atomic mass is 32.1. The van der Waals surface area contributed by atoms with E-state index in [1.165, 1.54) is 20.2 Å². The van der Waals surface area contributed by atoms with Gasteiger partial charge in [0.15, 0.2) is 5.82 Å². The molecule has 0 saturated carbocycles. The van der Waals surface area contributed by atoms with Crippen LogP contribution in [-0.4, -0.2) is 15.8 Å². The van der Waals surface area contributed by atoms with Crippen LogP contribution in [0.25, 0.3) is 59.8 Å². The van der Waals surface area contributed by atoms with E-state index >= 15 is 0 Å². The molecule has 2 heterocycles. The summed E-state index contributed by atoms with van der Waals surface area (Å²) >= 11 is 1.78. The van der Waals surface area contributed by atoms with E-state index in [0.29, 0.717) is 18.2 Å². The smallest absolute Gasteiger partial charge is 0.160 e. The number of aliphatic imine (C=N–C) groups is 1. The van der Waals surface area contributed by atoms with Gasteiger partial charge in [0.25, 0.3) is 0 Å². The zero-order chi connectivity index (χ0) is 33.0. The largest absolute Gasteiger partial charge is 0.654 e. The predicted octanol–water partition coefficient (Wildman–Crippen LogP) is 11.1. The van der Waals surface area contributed by atoms with Gasteiger partial charge >= 0.3 is 0 Å². The third kappa shape index (κ3) is 6.61. The number of nitrogens with one attached hydrogen (secondary N) is 2.